The smallest absolute Gasteiger partial charge is 0.326 e. The SMILES string of the molecule is CCN1Cc2cc3c(cc2CC1C(=O)NC(Cc1ccc(-c2ccc(C#N)cc2)cc1)C(=O)O)N(C)C(=O)C(c1ccc(OCc2ccc(Cl)c(Cl)c2)cc1)O3. The van der Waals surface area contributed by atoms with Gasteiger partial charge in [0.1, 0.15) is 24.1 Å². The molecule has 0 radical (unpaired) electrons. The Morgan fingerprint density at radius 3 is 2.25 bits per heavy atom. The first-order valence-electron chi connectivity index (χ1n) is 18.1. The largest absolute Gasteiger partial charge is 0.489 e. The number of benzene rings is 5. The molecule has 2 heterocycles. The lowest BCUT2D eigenvalue weighted by atomic mass is 9.91. The van der Waals surface area contributed by atoms with Crippen molar-refractivity contribution in [2.24, 2.45) is 0 Å². The molecule has 2 N–H and O–H groups in total. The summed E-state index contributed by atoms with van der Waals surface area (Å²) in [5.41, 5.74) is 7.21. The van der Waals surface area contributed by atoms with E-state index >= 15 is 0 Å². The first-order valence-corrected chi connectivity index (χ1v) is 18.9. The Bertz CT molecular complexity index is 2330. The van der Waals surface area contributed by atoms with Crippen LogP contribution >= 0.6 is 23.2 Å². The highest BCUT2D eigenvalue weighted by atomic mass is 35.5. The fraction of sp³-hybridized carbons (Fsp3) is 0.227. The minimum Gasteiger partial charge on any atom is -0.489 e. The van der Waals surface area contributed by atoms with Gasteiger partial charge in [-0.2, -0.15) is 5.26 Å². The zero-order valence-electron chi connectivity index (χ0n) is 30.7. The number of rotatable bonds is 11. The van der Waals surface area contributed by atoms with Crippen molar-refractivity contribution < 1.29 is 29.0 Å². The molecule has 56 heavy (non-hydrogen) atoms. The molecule has 2 amide bonds. The van der Waals surface area contributed by atoms with Crippen molar-refractivity contribution in [2.75, 3.05) is 18.5 Å². The van der Waals surface area contributed by atoms with E-state index in [2.05, 4.69) is 11.4 Å². The summed E-state index contributed by atoms with van der Waals surface area (Å²) in [7, 11) is 1.71. The quantitative estimate of drug-likeness (QED) is 0.139. The summed E-state index contributed by atoms with van der Waals surface area (Å²) in [4.78, 5) is 43.4. The van der Waals surface area contributed by atoms with Crippen molar-refractivity contribution in [2.45, 2.75) is 51.1 Å². The van der Waals surface area contributed by atoms with Crippen LogP contribution in [0.4, 0.5) is 5.69 Å². The van der Waals surface area contributed by atoms with Gasteiger partial charge >= 0.3 is 5.97 Å². The molecule has 7 rings (SSSR count). The second kappa shape index (κ2) is 16.5. The number of halogens is 2. The van der Waals surface area contributed by atoms with Crippen molar-refractivity contribution in [1.29, 1.82) is 5.26 Å². The number of amides is 2. The molecule has 0 spiro atoms. The molecule has 2 aliphatic heterocycles. The van der Waals surface area contributed by atoms with Crippen molar-refractivity contribution in [3.63, 3.8) is 0 Å². The van der Waals surface area contributed by atoms with Crippen LogP contribution in [0.25, 0.3) is 11.1 Å². The van der Waals surface area contributed by atoms with Gasteiger partial charge < -0.3 is 24.8 Å². The lowest BCUT2D eigenvalue weighted by Crippen LogP contribution is -2.54. The molecule has 0 fully saturated rings. The number of fused-ring (bicyclic) bond motifs is 2. The van der Waals surface area contributed by atoms with Gasteiger partial charge in [-0.15, -0.1) is 0 Å². The zero-order chi connectivity index (χ0) is 39.5. The highest BCUT2D eigenvalue weighted by Gasteiger charge is 2.38. The standard InChI is InChI=1S/C44H38Cl2N4O6/c1-3-50-24-33-22-40-38(49(2)43(52)41(56-40)31-13-15-34(16-14-31)55-25-28-8-17-35(45)36(46)18-28)20-32(33)21-39(50)42(51)48-37(44(53)54)19-26-4-9-29(10-5-26)30-11-6-27(23-47)7-12-30/h4-18,20,22,37,39,41H,3,19,21,24-25H2,1-2H3,(H,48,51)(H,53,54). The predicted molar refractivity (Wildman–Crippen MR) is 214 cm³/mol. The third kappa shape index (κ3) is 8.21. The molecule has 10 nitrogen and oxygen atoms in total. The molecule has 0 saturated carbocycles. The number of nitrogens with zero attached hydrogens (tertiary/aromatic N) is 3. The van der Waals surface area contributed by atoms with Crippen molar-refractivity contribution in [3.05, 3.63) is 147 Å². The van der Waals surface area contributed by atoms with Gasteiger partial charge in [-0.25, -0.2) is 4.79 Å². The van der Waals surface area contributed by atoms with Crippen molar-refractivity contribution in [1.82, 2.24) is 10.2 Å². The molecule has 5 aromatic carbocycles. The summed E-state index contributed by atoms with van der Waals surface area (Å²) >= 11 is 12.1. The summed E-state index contributed by atoms with van der Waals surface area (Å²) in [6.07, 6.45) is -0.417. The number of carboxylic acids is 1. The molecule has 12 heteroatoms. The Kier molecular flexibility index (Phi) is 11.3. The molecule has 3 atom stereocenters. The van der Waals surface area contributed by atoms with E-state index in [4.69, 9.17) is 37.9 Å². The maximum absolute atomic E-state index is 13.8. The Labute approximate surface area is 334 Å². The third-order valence-electron chi connectivity index (χ3n) is 10.3. The zero-order valence-corrected chi connectivity index (χ0v) is 32.2. The highest BCUT2D eigenvalue weighted by Crippen LogP contribution is 2.42. The first kappa shape index (κ1) is 38.4. The Balaban J connectivity index is 1.02. The number of nitrogens with one attached hydrogen (secondary N) is 1. The summed E-state index contributed by atoms with van der Waals surface area (Å²) in [6.45, 7) is 3.27. The first-order chi connectivity index (χ1) is 27.0. The summed E-state index contributed by atoms with van der Waals surface area (Å²) < 4.78 is 12.3. The number of likely N-dealkylation sites (N-methyl/N-ethyl adjacent to an activating group) is 2. The number of carboxylic acid groups (broad SMARTS) is 1. The number of carbonyl (C=O) groups is 3. The number of carbonyl (C=O) groups excluding carboxylic acids is 2. The van der Waals surface area contributed by atoms with Crippen LogP contribution in [0.3, 0.4) is 0 Å². The second-order valence-corrected chi connectivity index (χ2v) is 14.7. The van der Waals surface area contributed by atoms with Gasteiger partial charge in [0, 0.05) is 25.6 Å². The number of hydrogen-bond donors (Lipinski definition) is 2. The van der Waals surface area contributed by atoms with Gasteiger partial charge in [0.15, 0.2) is 0 Å². The third-order valence-corrected chi connectivity index (χ3v) is 11.0. The van der Waals surface area contributed by atoms with Crippen LogP contribution in [0.2, 0.25) is 10.0 Å². The maximum Gasteiger partial charge on any atom is 0.326 e. The van der Waals surface area contributed by atoms with Crippen LogP contribution in [-0.2, 0) is 40.4 Å². The van der Waals surface area contributed by atoms with E-state index in [1.54, 1.807) is 48.3 Å². The van der Waals surface area contributed by atoms with Crippen LogP contribution in [0.5, 0.6) is 11.5 Å². The molecular weight excluding hydrogens is 751 g/mol. The van der Waals surface area contributed by atoms with E-state index in [0.29, 0.717) is 64.5 Å². The maximum atomic E-state index is 13.8. The van der Waals surface area contributed by atoms with E-state index in [9.17, 15) is 19.5 Å². The average Bonchev–Trinajstić information content (AvgIpc) is 3.21. The van der Waals surface area contributed by atoms with E-state index in [0.717, 1.165) is 33.4 Å². The molecule has 3 unspecified atom stereocenters. The topological polar surface area (TPSA) is 132 Å². The lowest BCUT2D eigenvalue weighted by Gasteiger charge is -2.38. The van der Waals surface area contributed by atoms with Crippen molar-refractivity contribution in [3.8, 4) is 28.7 Å². The molecule has 0 bridgehead atoms. The Hall–Kier alpha value is -5.86. The predicted octanol–water partition coefficient (Wildman–Crippen LogP) is 7.77. The average molecular weight is 790 g/mol. The van der Waals surface area contributed by atoms with E-state index in [-0.39, 0.29) is 18.2 Å². The van der Waals surface area contributed by atoms with Gasteiger partial charge in [-0.3, -0.25) is 14.5 Å². The number of nitriles is 1. The van der Waals surface area contributed by atoms with Gasteiger partial charge in [-0.1, -0.05) is 84.7 Å². The fourth-order valence-electron chi connectivity index (χ4n) is 7.10. The number of hydrogen-bond acceptors (Lipinski definition) is 7. The molecule has 2 aliphatic rings. The molecule has 0 aromatic heterocycles. The van der Waals surface area contributed by atoms with Gasteiger partial charge in [0.2, 0.25) is 12.0 Å². The number of ether oxygens (including phenoxy) is 2. The fourth-order valence-corrected chi connectivity index (χ4v) is 7.42. The Morgan fingerprint density at radius 2 is 1.61 bits per heavy atom. The minimum absolute atomic E-state index is 0.109. The van der Waals surface area contributed by atoms with E-state index in [1.807, 2.05) is 78.6 Å². The number of anilines is 1. The van der Waals surface area contributed by atoms with Crippen LogP contribution in [-0.4, -0.2) is 53.5 Å². The van der Waals surface area contributed by atoms with Crippen LogP contribution in [0.15, 0.2) is 103 Å². The normalized spacial score (nSPS) is 16.8. The molecular formula is C44H38Cl2N4O6. The van der Waals surface area contributed by atoms with Crippen LogP contribution < -0.4 is 19.7 Å². The van der Waals surface area contributed by atoms with Gasteiger partial charge in [-0.05, 0) is 94.9 Å². The monoisotopic (exact) mass is 788 g/mol. The summed E-state index contributed by atoms with van der Waals surface area (Å²) in [6, 6.07) is 31.5. The minimum atomic E-state index is -1.14. The van der Waals surface area contributed by atoms with E-state index < -0.39 is 24.2 Å². The van der Waals surface area contributed by atoms with Crippen LogP contribution in [0.1, 0.15) is 46.4 Å². The molecule has 0 saturated heterocycles. The second-order valence-electron chi connectivity index (χ2n) is 13.9. The number of aliphatic carboxylic acids is 1. The molecule has 5 aromatic rings. The van der Waals surface area contributed by atoms with Crippen molar-refractivity contribution >= 4 is 46.7 Å². The summed E-state index contributed by atoms with van der Waals surface area (Å²) in [5, 5.41) is 22.9. The summed E-state index contributed by atoms with van der Waals surface area (Å²) in [5.74, 6) is -0.557. The molecule has 284 valence electrons. The molecule has 0 aliphatic carbocycles. The lowest BCUT2D eigenvalue weighted by molar-refractivity contribution is -0.142. The van der Waals surface area contributed by atoms with Crippen LogP contribution in [0, 0.1) is 11.3 Å². The van der Waals surface area contributed by atoms with Gasteiger partial charge in [0.25, 0.3) is 5.91 Å². The van der Waals surface area contributed by atoms with Gasteiger partial charge in [0.05, 0.1) is 33.4 Å². The highest BCUT2D eigenvalue weighted by molar-refractivity contribution is 6.42. The Morgan fingerprint density at radius 1 is 0.929 bits per heavy atom. The van der Waals surface area contributed by atoms with E-state index in [1.165, 1.54) is 0 Å².